The Morgan fingerprint density at radius 3 is 2.58 bits per heavy atom. The summed E-state index contributed by atoms with van der Waals surface area (Å²) >= 11 is 9.14. The van der Waals surface area contributed by atoms with E-state index in [-0.39, 0.29) is 12.4 Å². The molecule has 0 saturated carbocycles. The third kappa shape index (κ3) is 3.55. The van der Waals surface area contributed by atoms with Crippen LogP contribution in [0.3, 0.4) is 0 Å². The van der Waals surface area contributed by atoms with E-state index < -0.39 is 0 Å². The van der Waals surface area contributed by atoms with E-state index in [0.717, 1.165) is 5.56 Å². The molecule has 5 heteroatoms. The molecule has 0 radical (unpaired) electrons. The van der Waals surface area contributed by atoms with Crippen molar-refractivity contribution in [1.82, 2.24) is 0 Å². The van der Waals surface area contributed by atoms with Crippen molar-refractivity contribution < 1.29 is 13.9 Å². The highest BCUT2D eigenvalue weighted by Crippen LogP contribution is 2.32. The zero-order valence-electron chi connectivity index (χ0n) is 9.70. The van der Waals surface area contributed by atoms with Crippen LogP contribution in [-0.2, 0) is 6.61 Å². The number of ether oxygens (including phenoxy) is 1. The van der Waals surface area contributed by atoms with E-state index in [9.17, 15) is 9.18 Å². The van der Waals surface area contributed by atoms with Crippen molar-refractivity contribution in [3.05, 3.63) is 62.8 Å². The first kappa shape index (κ1) is 14.0. The molecule has 0 spiro atoms. The molecule has 0 amide bonds. The van der Waals surface area contributed by atoms with Crippen LogP contribution in [0.15, 0.2) is 40.9 Å². The lowest BCUT2D eigenvalue weighted by Crippen LogP contribution is -1.99. The Balaban J connectivity index is 2.19. The zero-order chi connectivity index (χ0) is 13.8. The van der Waals surface area contributed by atoms with Crippen molar-refractivity contribution in [2.45, 2.75) is 6.61 Å². The molecular formula is C14H9BrClFO2. The fourth-order valence-corrected chi connectivity index (χ4v) is 2.50. The third-order valence-corrected chi connectivity index (χ3v) is 3.27. The standard InChI is InChI=1S/C14H9BrClFO2/c15-13-6-11(16)5-10(7-18)14(13)19-8-9-1-3-12(17)4-2-9/h1-7H,8H2. The largest absolute Gasteiger partial charge is 0.487 e. The predicted molar refractivity (Wildman–Crippen MR) is 75.3 cm³/mol. The van der Waals surface area contributed by atoms with Gasteiger partial charge >= 0.3 is 0 Å². The second-order valence-corrected chi connectivity index (χ2v) is 5.13. The molecule has 0 aliphatic rings. The Kier molecular flexibility index (Phi) is 4.56. The van der Waals surface area contributed by atoms with Crippen molar-refractivity contribution in [3.8, 4) is 5.75 Å². The molecule has 0 atom stereocenters. The fraction of sp³-hybridized carbons (Fsp3) is 0.0714. The van der Waals surface area contributed by atoms with Crippen LogP contribution in [0.2, 0.25) is 5.02 Å². The van der Waals surface area contributed by atoms with Crippen LogP contribution in [0.4, 0.5) is 4.39 Å². The van der Waals surface area contributed by atoms with E-state index >= 15 is 0 Å². The minimum absolute atomic E-state index is 0.237. The molecule has 0 aliphatic carbocycles. The highest BCUT2D eigenvalue weighted by Gasteiger charge is 2.10. The summed E-state index contributed by atoms with van der Waals surface area (Å²) in [6.45, 7) is 0.237. The lowest BCUT2D eigenvalue weighted by atomic mass is 10.2. The molecule has 2 nitrogen and oxygen atoms in total. The normalized spacial score (nSPS) is 10.3. The SMILES string of the molecule is O=Cc1cc(Cl)cc(Br)c1OCc1ccc(F)cc1. The van der Waals surface area contributed by atoms with Gasteiger partial charge in [-0.1, -0.05) is 23.7 Å². The van der Waals surface area contributed by atoms with E-state index in [1.165, 1.54) is 18.2 Å². The van der Waals surface area contributed by atoms with Gasteiger partial charge in [0.15, 0.2) is 6.29 Å². The number of rotatable bonds is 4. The number of hydrogen-bond acceptors (Lipinski definition) is 2. The summed E-state index contributed by atoms with van der Waals surface area (Å²) in [6, 6.07) is 9.14. The maximum absolute atomic E-state index is 12.8. The van der Waals surface area contributed by atoms with Crippen LogP contribution in [0.5, 0.6) is 5.75 Å². The summed E-state index contributed by atoms with van der Waals surface area (Å²) < 4.78 is 18.9. The number of carbonyl (C=O) groups is 1. The van der Waals surface area contributed by atoms with Gasteiger partial charge in [-0.25, -0.2) is 4.39 Å². The number of halogens is 3. The smallest absolute Gasteiger partial charge is 0.153 e. The van der Waals surface area contributed by atoms with Gasteiger partial charge in [0.2, 0.25) is 0 Å². The molecule has 0 heterocycles. The van der Waals surface area contributed by atoms with Crippen molar-refractivity contribution in [2.24, 2.45) is 0 Å². The van der Waals surface area contributed by atoms with Gasteiger partial charge in [-0.2, -0.15) is 0 Å². The predicted octanol–water partition coefficient (Wildman–Crippen LogP) is 4.63. The number of benzene rings is 2. The van der Waals surface area contributed by atoms with Crippen LogP contribution in [0, 0.1) is 5.82 Å². The molecule has 0 unspecified atom stereocenters. The molecule has 19 heavy (non-hydrogen) atoms. The van der Waals surface area contributed by atoms with Crippen molar-refractivity contribution in [3.63, 3.8) is 0 Å². The monoisotopic (exact) mass is 342 g/mol. The second-order valence-electron chi connectivity index (χ2n) is 3.84. The molecule has 2 aromatic rings. The topological polar surface area (TPSA) is 26.3 Å². The first-order chi connectivity index (χ1) is 9.10. The maximum atomic E-state index is 12.8. The quantitative estimate of drug-likeness (QED) is 0.756. The van der Waals surface area contributed by atoms with Gasteiger partial charge in [-0.15, -0.1) is 0 Å². The Bertz CT molecular complexity index is 599. The maximum Gasteiger partial charge on any atom is 0.153 e. The fourth-order valence-electron chi connectivity index (χ4n) is 1.56. The molecular weight excluding hydrogens is 335 g/mol. The number of hydrogen-bond donors (Lipinski definition) is 0. The first-order valence-electron chi connectivity index (χ1n) is 5.41. The lowest BCUT2D eigenvalue weighted by Gasteiger charge is -2.11. The van der Waals surface area contributed by atoms with E-state index in [1.807, 2.05) is 0 Å². The van der Waals surface area contributed by atoms with E-state index in [4.69, 9.17) is 16.3 Å². The molecule has 2 rings (SSSR count). The van der Waals surface area contributed by atoms with Gasteiger partial charge in [0.1, 0.15) is 18.2 Å². The Labute approximate surface area is 123 Å². The van der Waals surface area contributed by atoms with Crippen LogP contribution in [-0.4, -0.2) is 6.29 Å². The summed E-state index contributed by atoms with van der Waals surface area (Å²) in [5.74, 6) is 0.119. The van der Waals surface area contributed by atoms with Crippen LogP contribution >= 0.6 is 27.5 Å². The molecule has 0 aromatic heterocycles. The van der Waals surface area contributed by atoms with Crippen molar-refractivity contribution in [1.29, 1.82) is 0 Å². The molecule has 0 fully saturated rings. The third-order valence-electron chi connectivity index (χ3n) is 2.46. The summed E-state index contributed by atoms with van der Waals surface area (Å²) in [4.78, 5) is 11.0. The summed E-state index contributed by atoms with van der Waals surface area (Å²) in [5, 5.41) is 0.447. The Morgan fingerprint density at radius 2 is 1.95 bits per heavy atom. The lowest BCUT2D eigenvalue weighted by molar-refractivity contribution is 0.111. The Morgan fingerprint density at radius 1 is 1.26 bits per heavy atom. The number of aldehydes is 1. The second kappa shape index (κ2) is 6.17. The first-order valence-corrected chi connectivity index (χ1v) is 6.58. The zero-order valence-corrected chi connectivity index (χ0v) is 12.0. The average Bonchev–Trinajstić information content (AvgIpc) is 2.39. The van der Waals surface area contributed by atoms with E-state index in [0.29, 0.717) is 27.1 Å². The highest BCUT2D eigenvalue weighted by molar-refractivity contribution is 9.10. The summed E-state index contributed by atoms with van der Waals surface area (Å²) in [7, 11) is 0. The average molecular weight is 344 g/mol. The van der Waals surface area contributed by atoms with Gasteiger partial charge in [0.05, 0.1) is 10.0 Å². The summed E-state index contributed by atoms with van der Waals surface area (Å²) in [5.41, 5.74) is 1.17. The van der Waals surface area contributed by atoms with Crippen LogP contribution in [0.1, 0.15) is 15.9 Å². The minimum Gasteiger partial charge on any atom is -0.487 e. The van der Waals surface area contributed by atoms with Crippen molar-refractivity contribution >= 4 is 33.8 Å². The van der Waals surface area contributed by atoms with E-state index in [1.54, 1.807) is 18.2 Å². The molecule has 2 aromatic carbocycles. The minimum atomic E-state index is -0.301. The Hall–Kier alpha value is -1.39. The van der Waals surface area contributed by atoms with E-state index in [2.05, 4.69) is 15.9 Å². The summed E-state index contributed by atoms with van der Waals surface area (Å²) in [6.07, 6.45) is 0.677. The van der Waals surface area contributed by atoms with Crippen molar-refractivity contribution in [2.75, 3.05) is 0 Å². The van der Waals surface area contributed by atoms with Crippen LogP contribution < -0.4 is 4.74 Å². The highest BCUT2D eigenvalue weighted by atomic mass is 79.9. The van der Waals surface area contributed by atoms with Gasteiger partial charge < -0.3 is 4.74 Å². The van der Waals surface area contributed by atoms with Gasteiger partial charge in [0.25, 0.3) is 0 Å². The van der Waals surface area contributed by atoms with Crippen LogP contribution in [0.25, 0.3) is 0 Å². The molecule has 0 saturated heterocycles. The van der Waals surface area contributed by atoms with Gasteiger partial charge in [0, 0.05) is 5.02 Å². The van der Waals surface area contributed by atoms with Gasteiger partial charge in [-0.3, -0.25) is 4.79 Å². The molecule has 98 valence electrons. The number of carbonyl (C=O) groups excluding carboxylic acids is 1. The van der Waals surface area contributed by atoms with Gasteiger partial charge in [-0.05, 0) is 45.8 Å². The molecule has 0 bridgehead atoms. The molecule has 0 N–H and O–H groups in total. The molecule has 0 aliphatic heterocycles.